The third-order valence-corrected chi connectivity index (χ3v) is 8.88. The molecule has 0 aliphatic carbocycles. The Bertz CT molecular complexity index is 1710. The van der Waals surface area contributed by atoms with Crippen LogP contribution in [0.4, 0.5) is 5.69 Å². The number of hydrogen-bond donors (Lipinski definition) is 1. The van der Waals surface area contributed by atoms with Crippen molar-refractivity contribution >= 4 is 37.6 Å². The molecule has 3 aromatic heterocycles. The summed E-state index contributed by atoms with van der Waals surface area (Å²) in [4.78, 5) is 13.7. The number of nitrogens with zero attached hydrogens (tertiary/aromatic N) is 5. The third-order valence-electron chi connectivity index (χ3n) is 7.58. The topological polar surface area (TPSA) is 93.0 Å². The highest BCUT2D eigenvalue weighted by Crippen LogP contribution is 2.37. The van der Waals surface area contributed by atoms with Crippen LogP contribution in [0.3, 0.4) is 0 Å². The molecule has 5 aromatic rings. The van der Waals surface area contributed by atoms with Gasteiger partial charge in [-0.3, -0.25) is 15.0 Å². The summed E-state index contributed by atoms with van der Waals surface area (Å²) in [6.45, 7) is 1.04. The van der Waals surface area contributed by atoms with Crippen molar-refractivity contribution < 1.29 is 8.42 Å². The van der Waals surface area contributed by atoms with E-state index in [4.69, 9.17) is 0 Å². The number of hydrogen-bond acceptors (Lipinski definition) is 6. The van der Waals surface area contributed by atoms with Gasteiger partial charge in [-0.25, -0.2) is 12.7 Å². The molecule has 1 aliphatic rings. The van der Waals surface area contributed by atoms with E-state index in [2.05, 4.69) is 74.5 Å². The first-order valence-electron chi connectivity index (χ1n) is 12.8. The molecule has 4 heterocycles. The van der Waals surface area contributed by atoms with Crippen molar-refractivity contribution in [1.82, 2.24) is 23.8 Å². The van der Waals surface area contributed by atoms with E-state index in [0.717, 1.165) is 51.8 Å². The molecule has 1 saturated heterocycles. The van der Waals surface area contributed by atoms with Crippen LogP contribution in [0.25, 0.3) is 33.1 Å². The Morgan fingerprint density at radius 1 is 1.00 bits per heavy atom. The number of rotatable bonds is 6. The molecule has 1 aliphatic heterocycles. The zero-order valence-corrected chi connectivity index (χ0v) is 22.3. The lowest BCUT2D eigenvalue weighted by Gasteiger charge is -2.36. The van der Waals surface area contributed by atoms with Crippen LogP contribution >= 0.6 is 0 Å². The quantitative estimate of drug-likeness (QED) is 0.334. The number of nitrogens with one attached hydrogen (secondary N) is 1. The summed E-state index contributed by atoms with van der Waals surface area (Å²) in [5.41, 5.74) is 6.94. The first kappa shape index (κ1) is 24.5. The van der Waals surface area contributed by atoms with Gasteiger partial charge in [0.25, 0.3) is 0 Å². The van der Waals surface area contributed by atoms with Crippen molar-refractivity contribution in [3.63, 3.8) is 0 Å². The van der Waals surface area contributed by atoms with E-state index >= 15 is 0 Å². The number of aryl methyl sites for hydroxylation is 1. The normalized spacial score (nSPS) is 16.2. The molecule has 0 radical (unpaired) electrons. The molecule has 6 rings (SSSR count). The second kappa shape index (κ2) is 9.81. The average Bonchev–Trinajstić information content (AvgIpc) is 3.31. The Morgan fingerprint density at radius 3 is 2.58 bits per heavy atom. The summed E-state index contributed by atoms with van der Waals surface area (Å²) in [7, 11) is -1.14. The standard InChI is InChI=1S/C29H30N6O2S/c1-34-13-7-20-5-6-22(16-27(20)34)25-17-24(18-26-29(25)32-12-11-31-26)33-28(23-4-3-10-30-19-23)21-8-14-35(15-9-21)38(2,36)37/h3-7,10-13,16-19,21,28,33H,8-9,14-15H2,1-2H3. The van der Waals surface area contributed by atoms with Gasteiger partial charge in [0.2, 0.25) is 10.0 Å². The number of sulfonamides is 1. The fourth-order valence-corrected chi connectivity index (χ4v) is 6.44. The molecule has 1 fully saturated rings. The van der Waals surface area contributed by atoms with Gasteiger partial charge in [-0.15, -0.1) is 0 Å². The minimum atomic E-state index is -3.19. The minimum absolute atomic E-state index is 0.0252. The zero-order valence-electron chi connectivity index (χ0n) is 21.4. The Labute approximate surface area is 222 Å². The number of aromatic nitrogens is 4. The van der Waals surface area contributed by atoms with Gasteiger partial charge in [-0.05, 0) is 65.6 Å². The summed E-state index contributed by atoms with van der Waals surface area (Å²) < 4.78 is 27.9. The SMILES string of the molecule is Cn1ccc2ccc(-c3cc(NC(c4cccnc4)C4CCN(S(C)(=O)=O)CC4)cc4nccnc34)cc21. The monoisotopic (exact) mass is 526 g/mol. The summed E-state index contributed by atoms with van der Waals surface area (Å²) >= 11 is 0. The first-order valence-corrected chi connectivity index (χ1v) is 14.6. The van der Waals surface area contributed by atoms with Gasteiger partial charge in [0.1, 0.15) is 0 Å². The van der Waals surface area contributed by atoms with E-state index in [9.17, 15) is 8.42 Å². The molecule has 0 spiro atoms. The van der Waals surface area contributed by atoms with E-state index in [-0.39, 0.29) is 12.0 Å². The van der Waals surface area contributed by atoms with Gasteiger partial charge in [-0.2, -0.15) is 0 Å². The van der Waals surface area contributed by atoms with Crippen LogP contribution in [0.1, 0.15) is 24.4 Å². The van der Waals surface area contributed by atoms with Crippen LogP contribution in [0, 0.1) is 5.92 Å². The van der Waals surface area contributed by atoms with Crippen LogP contribution < -0.4 is 5.32 Å². The van der Waals surface area contributed by atoms with Crippen molar-refractivity contribution in [1.29, 1.82) is 0 Å². The number of fused-ring (bicyclic) bond motifs is 2. The number of pyridine rings is 1. The first-order chi connectivity index (χ1) is 18.4. The van der Waals surface area contributed by atoms with Gasteiger partial charge in [0.15, 0.2) is 0 Å². The average molecular weight is 527 g/mol. The second-order valence-electron chi connectivity index (χ2n) is 10.1. The zero-order chi connectivity index (χ0) is 26.3. The molecule has 0 amide bonds. The Morgan fingerprint density at radius 2 is 1.82 bits per heavy atom. The fraction of sp³-hybridized carbons (Fsp3) is 0.276. The number of piperidine rings is 1. The highest BCUT2D eigenvalue weighted by Gasteiger charge is 2.31. The predicted molar refractivity (Wildman–Crippen MR) is 151 cm³/mol. The van der Waals surface area contributed by atoms with E-state index < -0.39 is 10.0 Å². The predicted octanol–water partition coefficient (Wildman–Crippen LogP) is 5.01. The van der Waals surface area contributed by atoms with Gasteiger partial charge in [0, 0.05) is 67.9 Å². The molecular weight excluding hydrogens is 496 g/mol. The van der Waals surface area contributed by atoms with E-state index in [1.165, 1.54) is 11.6 Å². The lowest BCUT2D eigenvalue weighted by molar-refractivity contribution is 0.254. The van der Waals surface area contributed by atoms with Gasteiger partial charge >= 0.3 is 0 Å². The molecule has 1 atom stereocenters. The minimum Gasteiger partial charge on any atom is -0.378 e. The number of benzene rings is 2. The van der Waals surface area contributed by atoms with Crippen molar-refractivity contribution in [3.8, 4) is 11.1 Å². The molecule has 8 nitrogen and oxygen atoms in total. The number of anilines is 1. The fourth-order valence-electron chi connectivity index (χ4n) is 5.56. The summed E-state index contributed by atoms with van der Waals surface area (Å²) in [5.74, 6) is 0.248. The molecule has 1 N–H and O–H groups in total. The van der Waals surface area contributed by atoms with Crippen LogP contribution in [0.15, 0.2) is 79.5 Å². The lowest BCUT2D eigenvalue weighted by atomic mass is 9.86. The molecule has 1 unspecified atom stereocenters. The maximum Gasteiger partial charge on any atom is 0.211 e. The molecule has 0 saturated carbocycles. The van der Waals surface area contributed by atoms with Crippen molar-refractivity contribution in [2.24, 2.45) is 13.0 Å². The maximum atomic E-state index is 12.1. The van der Waals surface area contributed by atoms with Crippen LogP contribution in [-0.4, -0.2) is 51.6 Å². The molecule has 0 bridgehead atoms. The van der Waals surface area contributed by atoms with Crippen molar-refractivity contribution in [3.05, 3.63) is 85.1 Å². The van der Waals surface area contributed by atoms with Gasteiger partial charge in [-0.1, -0.05) is 18.2 Å². The van der Waals surface area contributed by atoms with Crippen molar-refractivity contribution in [2.45, 2.75) is 18.9 Å². The van der Waals surface area contributed by atoms with Crippen LogP contribution in [-0.2, 0) is 17.1 Å². The van der Waals surface area contributed by atoms with E-state index in [0.29, 0.717) is 13.1 Å². The third kappa shape index (κ3) is 4.75. The van der Waals surface area contributed by atoms with Gasteiger partial charge in [0.05, 0.1) is 23.3 Å². The summed E-state index contributed by atoms with van der Waals surface area (Å²) in [6.07, 6.45) is 12.0. The highest BCUT2D eigenvalue weighted by molar-refractivity contribution is 7.88. The molecular formula is C29H30N6O2S. The molecule has 194 valence electrons. The molecule has 2 aromatic carbocycles. The van der Waals surface area contributed by atoms with E-state index in [1.807, 2.05) is 18.3 Å². The van der Waals surface area contributed by atoms with Crippen molar-refractivity contribution in [2.75, 3.05) is 24.7 Å². The summed E-state index contributed by atoms with van der Waals surface area (Å²) in [6, 6.07) is 16.8. The Hall–Kier alpha value is -3.82. The highest BCUT2D eigenvalue weighted by atomic mass is 32.2. The molecule has 38 heavy (non-hydrogen) atoms. The smallest absolute Gasteiger partial charge is 0.211 e. The summed E-state index contributed by atoms with van der Waals surface area (Å²) in [5, 5.41) is 4.98. The molecule has 9 heteroatoms. The Kier molecular flexibility index (Phi) is 6.33. The van der Waals surface area contributed by atoms with Crippen LogP contribution in [0.2, 0.25) is 0 Å². The van der Waals surface area contributed by atoms with E-state index in [1.54, 1.807) is 22.9 Å². The van der Waals surface area contributed by atoms with Gasteiger partial charge < -0.3 is 9.88 Å². The maximum absolute atomic E-state index is 12.1. The second-order valence-corrected chi connectivity index (χ2v) is 12.0. The van der Waals surface area contributed by atoms with Crippen LogP contribution in [0.5, 0.6) is 0 Å². The largest absolute Gasteiger partial charge is 0.378 e. The Balaban J connectivity index is 1.40. The lowest BCUT2D eigenvalue weighted by Crippen LogP contribution is -2.40.